The van der Waals surface area contributed by atoms with E-state index in [1.807, 2.05) is 4.90 Å². The first-order valence-electron chi connectivity index (χ1n) is 12.4. The van der Waals surface area contributed by atoms with Crippen LogP contribution in [0.1, 0.15) is 49.7 Å². The molecule has 2 fully saturated rings. The Labute approximate surface area is 216 Å². The molecule has 1 saturated carbocycles. The van der Waals surface area contributed by atoms with Gasteiger partial charge in [0.2, 0.25) is 5.91 Å². The molecule has 4 rings (SSSR count). The van der Waals surface area contributed by atoms with E-state index < -0.39 is 29.0 Å². The fourth-order valence-electron chi connectivity index (χ4n) is 4.77. The van der Waals surface area contributed by atoms with Crippen molar-refractivity contribution in [1.82, 2.24) is 9.88 Å². The second-order valence-electron chi connectivity index (χ2n) is 9.38. The molecular weight excluding hydrogens is 510 g/mol. The highest BCUT2D eigenvalue weighted by Crippen LogP contribution is 2.32. The zero-order valence-corrected chi connectivity index (χ0v) is 20.6. The molecular formula is C25H29F4N5O4. The number of aromatic nitrogens is 1. The van der Waals surface area contributed by atoms with Gasteiger partial charge in [0.05, 0.1) is 16.6 Å². The van der Waals surface area contributed by atoms with Gasteiger partial charge < -0.3 is 19.9 Å². The third kappa shape index (κ3) is 6.88. The van der Waals surface area contributed by atoms with Crippen molar-refractivity contribution in [2.45, 2.75) is 50.7 Å². The molecule has 1 aliphatic carbocycles. The summed E-state index contributed by atoms with van der Waals surface area (Å²) in [6.07, 6.45) is -1.65. The fourth-order valence-corrected chi connectivity index (χ4v) is 4.77. The topological polar surface area (TPSA) is 101 Å². The smallest absolute Gasteiger partial charge is 0.278 e. The SMILES string of the molecule is O=C(CO[C@H]1CC[C@H](Nc2ccc([N+](=O)[O-])c(C(F)F)c2)CC1)N1CCN(c2ccc(C(F)F)cn2)CC1. The van der Waals surface area contributed by atoms with Crippen LogP contribution in [0.15, 0.2) is 36.5 Å². The van der Waals surface area contributed by atoms with E-state index in [0.29, 0.717) is 63.4 Å². The van der Waals surface area contributed by atoms with Crippen molar-refractivity contribution in [3.05, 3.63) is 57.8 Å². The average Bonchev–Trinajstić information content (AvgIpc) is 2.92. The second-order valence-corrected chi connectivity index (χ2v) is 9.38. The number of halogens is 4. The largest absolute Gasteiger partial charge is 0.382 e. The molecule has 1 saturated heterocycles. The summed E-state index contributed by atoms with van der Waals surface area (Å²) in [5.74, 6) is 0.485. The molecule has 2 aromatic rings. The lowest BCUT2D eigenvalue weighted by atomic mass is 9.92. The van der Waals surface area contributed by atoms with Crippen LogP contribution in [-0.2, 0) is 9.53 Å². The molecule has 0 spiro atoms. The number of hydrogen-bond acceptors (Lipinski definition) is 7. The van der Waals surface area contributed by atoms with E-state index in [2.05, 4.69) is 10.3 Å². The second kappa shape index (κ2) is 12.4. The van der Waals surface area contributed by atoms with Crippen LogP contribution in [-0.4, -0.2) is 65.6 Å². The predicted molar refractivity (Wildman–Crippen MR) is 132 cm³/mol. The van der Waals surface area contributed by atoms with Crippen molar-refractivity contribution in [3.63, 3.8) is 0 Å². The molecule has 0 bridgehead atoms. The summed E-state index contributed by atoms with van der Waals surface area (Å²) in [6.45, 7) is 2.00. The van der Waals surface area contributed by atoms with Gasteiger partial charge in [-0.2, -0.15) is 0 Å². The number of alkyl halides is 4. The van der Waals surface area contributed by atoms with Gasteiger partial charge in [0.15, 0.2) is 0 Å². The van der Waals surface area contributed by atoms with Gasteiger partial charge in [-0.05, 0) is 49.9 Å². The third-order valence-corrected chi connectivity index (χ3v) is 6.93. The van der Waals surface area contributed by atoms with Gasteiger partial charge in [0, 0.05) is 55.7 Å². The molecule has 0 atom stereocenters. The lowest BCUT2D eigenvalue weighted by Gasteiger charge is -2.36. The van der Waals surface area contributed by atoms with E-state index in [9.17, 15) is 32.5 Å². The minimum atomic E-state index is -2.95. The molecule has 13 heteroatoms. The number of nitrogens with zero attached hydrogens (tertiary/aromatic N) is 4. The van der Waals surface area contributed by atoms with Crippen LogP contribution < -0.4 is 10.2 Å². The first-order valence-corrected chi connectivity index (χ1v) is 12.4. The molecule has 0 radical (unpaired) electrons. The van der Waals surface area contributed by atoms with Crippen molar-refractivity contribution in [3.8, 4) is 0 Å². The van der Waals surface area contributed by atoms with Crippen molar-refractivity contribution in [2.24, 2.45) is 0 Å². The molecule has 0 unspecified atom stereocenters. The van der Waals surface area contributed by atoms with Gasteiger partial charge in [-0.3, -0.25) is 14.9 Å². The number of nitrogens with one attached hydrogen (secondary N) is 1. The van der Waals surface area contributed by atoms with Gasteiger partial charge in [0.25, 0.3) is 18.5 Å². The standard InChI is InChI=1S/C25H29F4N5O4/c26-24(27)16-1-8-22(30-14-16)32-9-11-33(12-10-32)23(35)15-38-19-5-2-17(3-6-19)31-18-4-7-21(34(36)37)20(13-18)25(28)29/h1,4,7-8,13-14,17,19,24-25,31H,2-3,5-6,9-12,15H2/t17-,19-. The lowest BCUT2D eigenvalue weighted by molar-refractivity contribution is -0.386. The molecule has 2 heterocycles. The van der Waals surface area contributed by atoms with Crippen molar-refractivity contribution in [2.75, 3.05) is 43.0 Å². The Kier molecular flexibility index (Phi) is 8.97. The van der Waals surface area contributed by atoms with Crippen LogP contribution >= 0.6 is 0 Å². The van der Waals surface area contributed by atoms with Crippen LogP contribution in [0.2, 0.25) is 0 Å². The molecule has 206 valence electrons. The highest BCUT2D eigenvalue weighted by atomic mass is 19.3. The maximum atomic E-state index is 13.2. The molecule has 2 aliphatic rings. The van der Waals surface area contributed by atoms with Crippen LogP contribution in [0.5, 0.6) is 0 Å². The zero-order valence-electron chi connectivity index (χ0n) is 20.6. The van der Waals surface area contributed by atoms with E-state index in [0.717, 1.165) is 12.1 Å². The molecule has 9 nitrogen and oxygen atoms in total. The van der Waals surface area contributed by atoms with Gasteiger partial charge in [-0.25, -0.2) is 22.5 Å². The number of piperazine rings is 1. The Hall–Kier alpha value is -3.48. The zero-order chi connectivity index (χ0) is 27.2. The number of pyridine rings is 1. The van der Waals surface area contributed by atoms with Crippen LogP contribution in [0, 0.1) is 10.1 Å². The normalized spacial score (nSPS) is 20.2. The number of anilines is 2. The quantitative estimate of drug-likeness (QED) is 0.273. The van der Waals surface area contributed by atoms with E-state index in [-0.39, 0.29) is 30.2 Å². The summed E-state index contributed by atoms with van der Waals surface area (Å²) >= 11 is 0. The fraction of sp³-hybridized carbons (Fsp3) is 0.520. The van der Waals surface area contributed by atoms with Gasteiger partial charge in [0.1, 0.15) is 12.4 Å². The van der Waals surface area contributed by atoms with Gasteiger partial charge in [-0.15, -0.1) is 0 Å². The summed E-state index contributed by atoms with van der Waals surface area (Å²) in [6, 6.07) is 6.57. The number of benzene rings is 1. The Morgan fingerprint density at radius 3 is 2.34 bits per heavy atom. The van der Waals surface area contributed by atoms with Crippen molar-refractivity contribution >= 4 is 23.1 Å². The number of amides is 1. The molecule has 1 aliphatic heterocycles. The highest BCUT2D eigenvalue weighted by molar-refractivity contribution is 5.77. The highest BCUT2D eigenvalue weighted by Gasteiger charge is 2.27. The Balaban J connectivity index is 1.18. The summed E-state index contributed by atoms with van der Waals surface area (Å²) in [7, 11) is 0. The van der Waals surface area contributed by atoms with Crippen molar-refractivity contribution in [1.29, 1.82) is 0 Å². The van der Waals surface area contributed by atoms with Crippen LogP contribution in [0.3, 0.4) is 0 Å². The molecule has 1 aromatic heterocycles. The first-order chi connectivity index (χ1) is 18.2. The van der Waals surface area contributed by atoms with Crippen molar-refractivity contribution < 1.29 is 32.0 Å². The van der Waals surface area contributed by atoms with E-state index in [1.165, 1.54) is 18.3 Å². The number of rotatable bonds is 9. The van der Waals surface area contributed by atoms with E-state index >= 15 is 0 Å². The number of carbonyl (C=O) groups excluding carboxylic acids is 1. The maximum absolute atomic E-state index is 13.2. The third-order valence-electron chi connectivity index (χ3n) is 6.93. The number of hydrogen-bond donors (Lipinski definition) is 1. The molecule has 1 N–H and O–H groups in total. The number of ether oxygens (including phenoxy) is 1. The van der Waals surface area contributed by atoms with Crippen LogP contribution in [0.4, 0.5) is 34.8 Å². The number of nitro benzene ring substituents is 1. The van der Waals surface area contributed by atoms with Gasteiger partial charge >= 0.3 is 0 Å². The summed E-state index contributed by atoms with van der Waals surface area (Å²) < 4.78 is 57.7. The Morgan fingerprint density at radius 1 is 1.05 bits per heavy atom. The minimum Gasteiger partial charge on any atom is -0.382 e. The average molecular weight is 540 g/mol. The Bertz CT molecular complexity index is 1110. The Morgan fingerprint density at radius 2 is 1.76 bits per heavy atom. The summed E-state index contributed by atoms with van der Waals surface area (Å²) in [4.78, 5) is 30.5. The summed E-state index contributed by atoms with van der Waals surface area (Å²) in [5.41, 5.74) is -0.937. The minimum absolute atomic E-state index is 0.00831. The molecule has 1 amide bonds. The van der Waals surface area contributed by atoms with E-state index in [1.54, 1.807) is 11.0 Å². The van der Waals surface area contributed by atoms with Crippen LogP contribution in [0.25, 0.3) is 0 Å². The lowest BCUT2D eigenvalue weighted by Crippen LogP contribution is -2.50. The predicted octanol–water partition coefficient (Wildman–Crippen LogP) is 4.95. The number of carbonyl (C=O) groups is 1. The van der Waals surface area contributed by atoms with Gasteiger partial charge in [-0.1, -0.05) is 0 Å². The first kappa shape index (κ1) is 27.6. The monoisotopic (exact) mass is 539 g/mol. The summed E-state index contributed by atoms with van der Waals surface area (Å²) in [5, 5.41) is 14.1. The maximum Gasteiger partial charge on any atom is 0.278 e. The molecule has 1 aromatic carbocycles. The number of nitro groups is 1. The van der Waals surface area contributed by atoms with E-state index in [4.69, 9.17) is 4.74 Å². The molecule has 38 heavy (non-hydrogen) atoms.